The molecule has 0 unspecified atom stereocenters. The van der Waals surface area contributed by atoms with Crippen molar-refractivity contribution in [3.8, 4) is 0 Å². The first-order valence-corrected chi connectivity index (χ1v) is 6.66. The predicted molar refractivity (Wildman–Crippen MR) is 73.7 cm³/mol. The lowest BCUT2D eigenvalue weighted by molar-refractivity contribution is 0.619. The third kappa shape index (κ3) is 3.35. The van der Waals surface area contributed by atoms with Gasteiger partial charge in [-0.3, -0.25) is 0 Å². The number of hydrogen-bond donors (Lipinski definition) is 1. The molecule has 1 saturated carbocycles. The summed E-state index contributed by atoms with van der Waals surface area (Å²) in [4.78, 5) is 6.50. The molecular weight excluding hydrogens is 210 g/mol. The maximum atomic E-state index is 4.43. The van der Waals surface area contributed by atoms with Crippen LogP contribution in [-0.2, 0) is 0 Å². The molecule has 0 amide bonds. The molecule has 2 rings (SSSR count). The van der Waals surface area contributed by atoms with E-state index in [9.17, 15) is 0 Å². The first kappa shape index (κ1) is 12.2. The van der Waals surface area contributed by atoms with Crippen LogP contribution in [0.2, 0.25) is 0 Å². The molecule has 0 saturated heterocycles. The molecule has 0 radical (unpaired) electrons. The zero-order valence-electron chi connectivity index (χ0n) is 10.9. The molecule has 1 aromatic heterocycles. The molecule has 1 aliphatic rings. The standard InChI is InChI=1S/C14H23N3/c1-17(2)14-13(10-7-11-15-14)16-12-8-5-3-4-6-9-12/h7,10-12,16H,3-6,8-9H2,1-2H3. The Hall–Kier alpha value is -1.25. The Balaban J connectivity index is 2.06. The van der Waals surface area contributed by atoms with Gasteiger partial charge in [-0.2, -0.15) is 0 Å². The number of anilines is 2. The fourth-order valence-electron chi connectivity index (χ4n) is 2.51. The Bertz CT molecular complexity index is 341. The van der Waals surface area contributed by atoms with Crippen molar-refractivity contribution in [1.82, 2.24) is 4.98 Å². The average Bonchev–Trinajstić information content (AvgIpc) is 2.58. The molecule has 1 aromatic rings. The Morgan fingerprint density at radius 3 is 2.53 bits per heavy atom. The summed E-state index contributed by atoms with van der Waals surface area (Å²) in [6.45, 7) is 0. The molecule has 1 heterocycles. The largest absolute Gasteiger partial charge is 0.379 e. The minimum atomic E-state index is 0.625. The van der Waals surface area contributed by atoms with Crippen molar-refractivity contribution < 1.29 is 0 Å². The van der Waals surface area contributed by atoms with Crippen LogP contribution < -0.4 is 10.2 Å². The van der Waals surface area contributed by atoms with Crippen LogP contribution >= 0.6 is 0 Å². The normalized spacial score (nSPS) is 17.5. The third-order valence-electron chi connectivity index (χ3n) is 3.43. The van der Waals surface area contributed by atoms with Gasteiger partial charge in [0.25, 0.3) is 0 Å². The zero-order chi connectivity index (χ0) is 12.1. The van der Waals surface area contributed by atoms with E-state index in [1.807, 2.05) is 26.4 Å². The lowest BCUT2D eigenvalue weighted by atomic mass is 10.1. The highest BCUT2D eigenvalue weighted by Crippen LogP contribution is 2.25. The molecule has 94 valence electrons. The average molecular weight is 233 g/mol. The van der Waals surface area contributed by atoms with Crippen molar-refractivity contribution in [2.24, 2.45) is 0 Å². The SMILES string of the molecule is CN(C)c1ncccc1NC1CCCCCC1. The van der Waals surface area contributed by atoms with E-state index in [4.69, 9.17) is 0 Å². The highest BCUT2D eigenvalue weighted by molar-refractivity contribution is 5.65. The van der Waals surface area contributed by atoms with Gasteiger partial charge in [0.15, 0.2) is 5.82 Å². The van der Waals surface area contributed by atoms with E-state index in [0.29, 0.717) is 6.04 Å². The second-order valence-corrected chi connectivity index (χ2v) is 5.10. The van der Waals surface area contributed by atoms with Gasteiger partial charge in [-0.15, -0.1) is 0 Å². The zero-order valence-corrected chi connectivity index (χ0v) is 10.9. The summed E-state index contributed by atoms with van der Waals surface area (Å²) in [7, 11) is 4.08. The summed E-state index contributed by atoms with van der Waals surface area (Å²) in [6, 6.07) is 4.76. The summed E-state index contributed by atoms with van der Waals surface area (Å²) in [6.07, 6.45) is 9.94. The highest BCUT2D eigenvalue weighted by atomic mass is 15.2. The van der Waals surface area contributed by atoms with Crippen LogP contribution in [0.3, 0.4) is 0 Å². The number of hydrogen-bond acceptors (Lipinski definition) is 3. The maximum Gasteiger partial charge on any atom is 0.151 e. The molecule has 3 nitrogen and oxygen atoms in total. The second-order valence-electron chi connectivity index (χ2n) is 5.10. The molecule has 1 N–H and O–H groups in total. The second kappa shape index (κ2) is 5.89. The van der Waals surface area contributed by atoms with Crippen molar-refractivity contribution in [3.05, 3.63) is 18.3 Å². The van der Waals surface area contributed by atoms with Gasteiger partial charge >= 0.3 is 0 Å². The van der Waals surface area contributed by atoms with Crippen molar-refractivity contribution in [3.63, 3.8) is 0 Å². The van der Waals surface area contributed by atoms with Gasteiger partial charge < -0.3 is 10.2 Å². The molecule has 0 atom stereocenters. The van der Waals surface area contributed by atoms with Gasteiger partial charge in [0.2, 0.25) is 0 Å². The maximum absolute atomic E-state index is 4.43. The highest BCUT2D eigenvalue weighted by Gasteiger charge is 2.14. The van der Waals surface area contributed by atoms with Crippen LogP contribution in [0.25, 0.3) is 0 Å². The monoisotopic (exact) mass is 233 g/mol. The van der Waals surface area contributed by atoms with Crippen LogP contribution in [0.4, 0.5) is 11.5 Å². The van der Waals surface area contributed by atoms with E-state index in [2.05, 4.69) is 21.3 Å². The Morgan fingerprint density at radius 2 is 1.88 bits per heavy atom. The lowest BCUT2D eigenvalue weighted by Gasteiger charge is -2.22. The summed E-state index contributed by atoms with van der Waals surface area (Å²) in [5, 5.41) is 3.67. The third-order valence-corrected chi connectivity index (χ3v) is 3.43. The van der Waals surface area contributed by atoms with E-state index in [1.54, 1.807) is 0 Å². The number of nitrogens with zero attached hydrogens (tertiary/aromatic N) is 2. The molecule has 0 spiro atoms. The van der Waals surface area contributed by atoms with Crippen molar-refractivity contribution in [2.45, 2.75) is 44.6 Å². The molecule has 0 bridgehead atoms. The van der Waals surface area contributed by atoms with Crippen molar-refractivity contribution in [1.29, 1.82) is 0 Å². The Kier molecular flexibility index (Phi) is 4.24. The predicted octanol–water partition coefficient (Wildman–Crippen LogP) is 3.28. The Labute approximate surface area is 104 Å². The topological polar surface area (TPSA) is 28.2 Å². The molecule has 1 aliphatic carbocycles. The fourth-order valence-corrected chi connectivity index (χ4v) is 2.51. The fraction of sp³-hybridized carbons (Fsp3) is 0.643. The Morgan fingerprint density at radius 1 is 1.18 bits per heavy atom. The minimum absolute atomic E-state index is 0.625. The summed E-state index contributed by atoms with van der Waals surface area (Å²) in [5.74, 6) is 1.04. The van der Waals surface area contributed by atoms with Crippen molar-refractivity contribution in [2.75, 3.05) is 24.3 Å². The lowest BCUT2D eigenvalue weighted by Crippen LogP contribution is -2.21. The van der Waals surface area contributed by atoms with E-state index >= 15 is 0 Å². The molecule has 1 fully saturated rings. The molecule has 3 heteroatoms. The van der Waals surface area contributed by atoms with Crippen LogP contribution in [-0.4, -0.2) is 25.1 Å². The van der Waals surface area contributed by atoms with Gasteiger partial charge in [-0.05, 0) is 25.0 Å². The number of aromatic nitrogens is 1. The first-order valence-electron chi connectivity index (χ1n) is 6.66. The number of rotatable bonds is 3. The quantitative estimate of drug-likeness (QED) is 0.812. The number of nitrogens with one attached hydrogen (secondary N) is 1. The van der Waals surface area contributed by atoms with E-state index < -0.39 is 0 Å². The van der Waals surface area contributed by atoms with E-state index in [-0.39, 0.29) is 0 Å². The van der Waals surface area contributed by atoms with E-state index in [1.165, 1.54) is 44.2 Å². The summed E-state index contributed by atoms with van der Waals surface area (Å²) in [5.41, 5.74) is 1.17. The van der Waals surface area contributed by atoms with Gasteiger partial charge in [0.05, 0.1) is 5.69 Å². The van der Waals surface area contributed by atoms with Gasteiger partial charge in [0, 0.05) is 26.3 Å². The van der Waals surface area contributed by atoms with Gasteiger partial charge in [-0.1, -0.05) is 25.7 Å². The van der Waals surface area contributed by atoms with Crippen LogP contribution in [0.5, 0.6) is 0 Å². The number of pyridine rings is 1. The van der Waals surface area contributed by atoms with Gasteiger partial charge in [-0.25, -0.2) is 4.98 Å². The van der Waals surface area contributed by atoms with Crippen molar-refractivity contribution >= 4 is 11.5 Å². The van der Waals surface area contributed by atoms with Crippen LogP contribution in [0, 0.1) is 0 Å². The summed E-state index contributed by atoms with van der Waals surface area (Å²) >= 11 is 0. The molecule has 0 aliphatic heterocycles. The minimum Gasteiger partial charge on any atom is -0.379 e. The molecular formula is C14H23N3. The smallest absolute Gasteiger partial charge is 0.151 e. The molecule has 17 heavy (non-hydrogen) atoms. The van der Waals surface area contributed by atoms with Crippen LogP contribution in [0.1, 0.15) is 38.5 Å². The van der Waals surface area contributed by atoms with Crippen LogP contribution in [0.15, 0.2) is 18.3 Å². The molecule has 0 aromatic carbocycles. The summed E-state index contributed by atoms with van der Waals surface area (Å²) < 4.78 is 0. The van der Waals surface area contributed by atoms with E-state index in [0.717, 1.165) is 5.82 Å². The van der Waals surface area contributed by atoms with Gasteiger partial charge in [0.1, 0.15) is 0 Å². The first-order chi connectivity index (χ1) is 8.27.